The Labute approximate surface area is 88.9 Å². The fourth-order valence-corrected chi connectivity index (χ4v) is 2.06. The van der Waals surface area contributed by atoms with E-state index in [2.05, 4.69) is 35.6 Å². The number of hydrogen-bond acceptors (Lipinski definition) is 2. The monoisotopic (exact) mass is 196 g/mol. The second kappa shape index (κ2) is 2.83. The smallest absolute Gasteiger partial charge is 0.0914 e. The second-order valence-electron chi connectivity index (χ2n) is 3.99. The molecule has 2 aromatic rings. The van der Waals surface area contributed by atoms with Crippen molar-refractivity contribution in [3.05, 3.63) is 48.2 Å². The molecule has 1 aromatic heterocycles. The highest BCUT2D eigenvalue weighted by Gasteiger charge is 2.20. The molecule has 0 bridgehead atoms. The first-order valence-corrected chi connectivity index (χ1v) is 5.05. The summed E-state index contributed by atoms with van der Waals surface area (Å²) in [4.78, 5) is 6.78. The van der Waals surface area contributed by atoms with E-state index in [9.17, 15) is 0 Å². The molecule has 74 valence electrons. The Balaban J connectivity index is 2.32. The lowest BCUT2D eigenvalue weighted by molar-refractivity contribution is 0.501. The molecule has 0 saturated heterocycles. The summed E-state index contributed by atoms with van der Waals surface area (Å²) in [6.45, 7) is 4.97. The summed E-state index contributed by atoms with van der Waals surface area (Å²) in [5.74, 6) is 0. The maximum Gasteiger partial charge on any atom is 0.0914 e. The van der Waals surface area contributed by atoms with Crippen molar-refractivity contribution in [2.24, 2.45) is 0 Å². The van der Waals surface area contributed by atoms with Gasteiger partial charge in [0.15, 0.2) is 0 Å². The largest absolute Gasteiger partial charge is 0.369 e. The number of para-hydroxylation sites is 1. The van der Waals surface area contributed by atoms with Crippen LogP contribution in [0.15, 0.2) is 36.9 Å². The van der Waals surface area contributed by atoms with E-state index in [1.54, 1.807) is 0 Å². The lowest BCUT2D eigenvalue weighted by Gasteiger charge is -2.09. The number of hydrogen-bond donors (Lipinski definition) is 0. The van der Waals surface area contributed by atoms with E-state index in [-0.39, 0.29) is 0 Å². The Kier molecular flexibility index (Phi) is 1.60. The van der Waals surface area contributed by atoms with E-state index < -0.39 is 0 Å². The maximum atomic E-state index is 4.65. The second-order valence-corrected chi connectivity index (χ2v) is 3.99. The summed E-state index contributed by atoms with van der Waals surface area (Å²) >= 11 is 0. The summed E-state index contributed by atoms with van der Waals surface area (Å²) in [6.07, 6.45) is 0. The van der Waals surface area contributed by atoms with Crippen molar-refractivity contribution in [3.8, 4) is 0 Å². The van der Waals surface area contributed by atoms with E-state index in [0.29, 0.717) is 0 Å². The first-order chi connectivity index (χ1) is 7.25. The summed E-state index contributed by atoms with van der Waals surface area (Å²) in [5.41, 5.74) is 4.40. The molecule has 1 aliphatic rings. The molecule has 0 fully saturated rings. The molecule has 0 radical (unpaired) electrons. The van der Waals surface area contributed by atoms with Crippen molar-refractivity contribution in [1.82, 2.24) is 9.88 Å². The molecule has 0 amide bonds. The molecule has 2 heterocycles. The molecule has 0 unspecified atom stereocenters. The van der Waals surface area contributed by atoms with Crippen molar-refractivity contribution in [3.63, 3.8) is 0 Å². The molecule has 1 aromatic carbocycles. The number of fused-ring (bicyclic) bond motifs is 2. The predicted octanol–water partition coefficient (Wildman–Crippen LogP) is 2.65. The van der Waals surface area contributed by atoms with Crippen molar-refractivity contribution in [2.45, 2.75) is 6.54 Å². The Morgan fingerprint density at radius 3 is 3.00 bits per heavy atom. The van der Waals surface area contributed by atoms with Crippen LogP contribution in [-0.2, 0) is 6.54 Å². The SMILES string of the molecule is C=C1c2nc3ccccc3cc2CN1C. The van der Waals surface area contributed by atoms with Crippen LogP contribution < -0.4 is 0 Å². The minimum absolute atomic E-state index is 0.923. The number of rotatable bonds is 0. The third kappa shape index (κ3) is 1.14. The van der Waals surface area contributed by atoms with Crippen molar-refractivity contribution in [2.75, 3.05) is 7.05 Å². The van der Waals surface area contributed by atoms with Crippen LogP contribution in [0.25, 0.3) is 16.6 Å². The molecular weight excluding hydrogens is 184 g/mol. The van der Waals surface area contributed by atoms with Crippen LogP contribution in [-0.4, -0.2) is 16.9 Å². The summed E-state index contributed by atoms with van der Waals surface area (Å²) in [6, 6.07) is 10.4. The van der Waals surface area contributed by atoms with E-state index >= 15 is 0 Å². The van der Waals surface area contributed by atoms with Gasteiger partial charge in [-0.25, -0.2) is 4.98 Å². The van der Waals surface area contributed by atoms with Crippen molar-refractivity contribution in [1.29, 1.82) is 0 Å². The van der Waals surface area contributed by atoms with Gasteiger partial charge in [0.1, 0.15) is 0 Å². The fraction of sp³-hybridized carbons (Fsp3) is 0.154. The summed E-state index contributed by atoms with van der Waals surface area (Å²) < 4.78 is 0. The van der Waals surface area contributed by atoms with Crippen LogP contribution in [0.5, 0.6) is 0 Å². The Bertz CT molecular complexity index is 557. The molecule has 0 atom stereocenters. The standard InChI is InChI=1S/C13H12N2/c1-9-13-11(8-15(9)2)7-10-5-3-4-6-12(10)14-13/h3-7H,1,8H2,2H3. The van der Waals surface area contributed by atoms with E-state index in [0.717, 1.165) is 23.5 Å². The minimum atomic E-state index is 0.923. The van der Waals surface area contributed by atoms with Crippen LogP contribution in [0.1, 0.15) is 11.3 Å². The summed E-state index contributed by atoms with van der Waals surface area (Å²) in [7, 11) is 2.05. The molecule has 0 spiro atoms. The molecule has 3 rings (SSSR count). The molecule has 0 N–H and O–H groups in total. The Hall–Kier alpha value is -1.83. The molecule has 2 heteroatoms. The summed E-state index contributed by atoms with van der Waals surface area (Å²) in [5, 5.41) is 1.21. The normalized spacial score (nSPS) is 14.7. The van der Waals surface area contributed by atoms with Gasteiger partial charge in [-0.2, -0.15) is 0 Å². The van der Waals surface area contributed by atoms with E-state index in [1.807, 2.05) is 18.2 Å². The van der Waals surface area contributed by atoms with E-state index in [1.165, 1.54) is 10.9 Å². The first-order valence-electron chi connectivity index (χ1n) is 5.05. The zero-order chi connectivity index (χ0) is 10.4. The average Bonchev–Trinajstić information content (AvgIpc) is 2.52. The lowest BCUT2D eigenvalue weighted by atomic mass is 10.1. The van der Waals surface area contributed by atoms with Crippen molar-refractivity contribution < 1.29 is 0 Å². The number of benzene rings is 1. The lowest BCUT2D eigenvalue weighted by Crippen LogP contribution is -2.06. The third-order valence-electron chi connectivity index (χ3n) is 2.94. The van der Waals surface area contributed by atoms with Gasteiger partial charge in [-0.15, -0.1) is 0 Å². The van der Waals surface area contributed by atoms with Crippen LogP contribution in [0.4, 0.5) is 0 Å². The van der Waals surface area contributed by atoms with Gasteiger partial charge < -0.3 is 4.90 Å². The third-order valence-corrected chi connectivity index (χ3v) is 2.94. The van der Waals surface area contributed by atoms with Gasteiger partial charge in [0.25, 0.3) is 0 Å². The van der Waals surface area contributed by atoms with Crippen molar-refractivity contribution >= 4 is 16.6 Å². The zero-order valence-electron chi connectivity index (χ0n) is 8.70. The molecule has 0 aliphatic carbocycles. The van der Waals surface area contributed by atoms with Gasteiger partial charge in [-0.1, -0.05) is 24.8 Å². The van der Waals surface area contributed by atoms with Crippen LogP contribution in [0.3, 0.4) is 0 Å². The average molecular weight is 196 g/mol. The van der Waals surface area contributed by atoms with Crippen LogP contribution >= 0.6 is 0 Å². The Morgan fingerprint density at radius 1 is 1.33 bits per heavy atom. The molecule has 2 nitrogen and oxygen atoms in total. The quantitative estimate of drug-likeness (QED) is 0.644. The number of aromatic nitrogens is 1. The fourth-order valence-electron chi connectivity index (χ4n) is 2.06. The highest BCUT2D eigenvalue weighted by atomic mass is 15.1. The first kappa shape index (κ1) is 8.48. The van der Waals surface area contributed by atoms with Gasteiger partial charge in [-0.05, 0) is 17.7 Å². The van der Waals surface area contributed by atoms with Gasteiger partial charge >= 0.3 is 0 Å². The Morgan fingerprint density at radius 2 is 2.13 bits per heavy atom. The molecular formula is C13H12N2. The van der Waals surface area contributed by atoms with Gasteiger partial charge in [0.05, 0.1) is 16.9 Å². The van der Waals surface area contributed by atoms with Crippen LogP contribution in [0, 0.1) is 0 Å². The van der Waals surface area contributed by atoms with Gasteiger partial charge in [0.2, 0.25) is 0 Å². The predicted molar refractivity (Wildman–Crippen MR) is 62.2 cm³/mol. The number of nitrogens with zero attached hydrogens (tertiary/aromatic N) is 2. The topological polar surface area (TPSA) is 16.1 Å². The number of pyridine rings is 1. The zero-order valence-corrected chi connectivity index (χ0v) is 8.70. The highest BCUT2D eigenvalue weighted by molar-refractivity contribution is 5.83. The van der Waals surface area contributed by atoms with Gasteiger partial charge in [-0.3, -0.25) is 0 Å². The van der Waals surface area contributed by atoms with Crippen LogP contribution in [0.2, 0.25) is 0 Å². The molecule has 0 saturated carbocycles. The molecule has 1 aliphatic heterocycles. The van der Waals surface area contributed by atoms with E-state index in [4.69, 9.17) is 0 Å². The molecule has 15 heavy (non-hydrogen) atoms. The maximum absolute atomic E-state index is 4.65. The highest BCUT2D eigenvalue weighted by Crippen LogP contribution is 2.30. The minimum Gasteiger partial charge on any atom is -0.369 e. The van der Waals surface area contributed by atoms with Gasteiger partial charge in [0, 0.05) is 19.0 Å².